The minimum atomic E-state index is -3.98. The van der Waals surface area contributed by atoms with Crippen LogP contribution in [-0.2, 0) is 14.8 Å². The van der Waals surface area contributed by atoms with Gasteiger partial charge in [-0.25, -0.2) is 22.9 Å². The molecule has 3 aliphatic rings. The average molecular weight is 675 g/mol. The molecule has 10 heteroatoms. The maximum absolute atomic E-state index is 13.8. The van der Waals surface area contributed by atoms with Gasteiger partial charge in [0, 0.05) is 30.6 Å². The monoisotopic (exact) mass is 674 g/mol. The van der Waals surface area contributed by atoms with E-state index < -0.39 is 15.6 Å². The van der Waals surface area contributed by atoms with Gasteiger partial charge in [-0.1, -0.05) is 44.2 Å². The number of ether oxygens (including phenoxy) is 2. The molecular weight excluding hydrogens is 625 g/mol. The van der Waals surface area contributed by atoms with Crippen LogP contribution in [0.3, 0.4) is 0 Å². The van der Waals surface area contributed by atoms with Crippen molar-refractivity contribution in [2.45, 2.75) is 97.0 Å². The highest BCUT2D eigenvalue weighted by Gasteiger charge is 2.51. The van der Waals surface area contributed by atoms with Gasteiger partial charge in [-0.05, 0) is 119 Å². The lowest BCUT2D eigenvalue weighted by Gasteiger charge is -2.55. The van der Waals surface area contributed by atoms with Gasteiger partial charge < -0.3 is 14.4 Å². The van der Waals surface area contributed by atoms with E-state index in [-0.39, 0.29) is 34.2 Å². The standard InChI is InChI=1S/C38H50N4O5S/c1-24(2)18-28-23-46-32-20-31(33-25(3)10-8-11-26(33)4)39-35(40-32)41-48(44,45)30-13-9-12-27(19-30)34(28)29-21-38(22-29)14-16-42(17-15-38)36(43)47-37(5,6)7/h8-13,19-20,24,28-29,34H,14-18,21-23H2,1-7H3,(H,39,40,41)/t28-,34?/m1/s1. The van der Waals surface area contributed by atoms with Gasteiger partial charge in [0.15, 0.2) is 0 Å². The zero-order valence-corrected chi connectivity index (χ0v) is 30.2. The summed E-state index contributed by atoms with van der Waals surface area (Å²) in [5, 5.41) is 0. The molecule has 9 nitrogen and oxygen atoms in total. The van der Waals surface area contributed by atoms with E-state index in [2.05, 4.69) is 34.6 Å². The Balaban J connectivity index is 1.32. The molecule has 1 aliphatic carbocycles. The Morgan fingerprint density at radius 1 is 1.04 bits per heavy atom. The van der Waals surface area contributed by atoms with Crippen molar-refractivity contribution in [2.24, 2.45) is 23.2 Å². The van der Waals surface area contributed by atoms with Crippen molar-refractivity contribution in [1.82, 2.24) is 14.9 Å². The summed E-state index contributed by atoms with van der Waals surface area (Å²) >= 11 is 0. The summed E-state index contributed by atoms with van der Waals surface area (Å²) < 4.78 is 42.5. The van der Waals surface area contributed by atoms with E-state index in [9.17, 15) is 13.2 Å². The number of nitrogens with one attached hydrogen (secondary N) is 1. The Hall–Kier alpha value is -3.66. The van der Waals surface area contributed by atoms with E-state index in [1.807, 2.05) is 75.9 Å². The molecule has 3 heterocycles. The van der Waals surface area contributed by atoms with Crippen LogP contribution in [0.15, 0.2) is 53.4 Å². The third kappa shape index (κ3) is 7.33. The molecule has 2 fully saturated rings. The minimum Gasteiger partial charge on any atom is -0.477 e. The number of carbonyl (C=O) groups is 1. The first kappa shape index (κ1) is 34.2. The summed E-state index contributed by atoms with van der Waals surface area (Å²) in [4.78, 5) is 24.0. The van der Waals surface area contributed by atoms with Crippen LogP contribution in [0.4, 0.5) is 10.7 Å². The third-order valence-corrected chi connectivity index (χ3v) is 11.6. The number of nitrogens with zero attached hydrogens (tertiary/aromatic N) is 3. The molecule has 2 atom stereocenters. The second kappa shape index (κ2) is 13.0. The molecular formula is C38H50N4O5S. The van der Waals surface area contributed by atoms with Crippen LogP contribution in [0.5, 0.6) is 5.88 Å². The largest absolute Gasteiger partial charge is 0.477 e. The van der Waals surface area contributed by atoms with Crippen LogP contribution in [-0.4, -0.2) is 54.7 Å². The number of amides is 1. The third-order valence-electron chi connectivity index (χ3n) is 10.3. The Morgan fingerprint density at radius 2 is 1.71 bits per heavy atom. The molecule has 1 unspecified atom stereocenters. The van der Waals surface area contributed by atoms with Gasteiger partial charge in [-0.3, -0.25) is 0 Å². The first-order chi connectivity index (χ1) is 22.6. The van der Waals surface area contributed by atoms with Gasteiger partial charge in [0.2, 0.25) is 11.8 Å². The van der Waals surface area contributed by atoms with Gasteiger partial charge in [0.25, 0.3) is 10.0 Å². The van der Waals surface area contributed by atoms with E-state index in [0.29, 0.717) is 43.1 Å². The normalized spacial score (nSPS) is 22.1. The number of aryl methyl sites for hydroxylation is 2. The van der Waals surface area contributed by atoms with Gasteiger partial charge in [-0.2, -0.15) is 4.98 Å². The first-order valence-electron chi connectivity index (χ1n) is 17.3. The van der Waals surface area contributed by atoms with Crippen molar-refractivity contribution in [1.29, 1.82) is 0 Å². The predicted octanol–water partition coefficient (Wildman–Crippen LogP) is 8.13. The zero-order chi connectivity index (χ0) is 34.4. The summed E-state index contributed by atoms with van der Waals surface area (Å²) in [7, 11) is -3.98. The molecule has 4 bridgehead atoms. The number of hydrogen-bond donors (Lipinski definition) is 1. The zero-order valence-electron chi connectivity index (χ0n) is 29.4. The highest BCUT2D eigenvalue weighted by atomic mass is 32.2. The highest BCUT2D eigenvalue weighted by Crippen LogP contribution is 2.59. The molecule has 2 aromatic carbocycles. The summed E-state index contributed by atoms with van der Waals surface area (Å²) in [6.45, 7) is 16.1. The Morgan fingerprint density at radius 3 is 2.35 bits per heavy atom. The van der Waals surface area contributed by atoms with E-state index in [1.54, 1.807) is 6.07 Å². The SMILES string of the molecule is Cc1cccc(C)c1-c1cc2nc(n1)NS(=O)(=O)c1cccc(c1)C(C1CC3(CCN(C(=O)OC(C)(C)C)CC3)C1)[C@H](CC(C)C)CO2. The van der Waals surface area contributed by atoms with E-state index in [0.717, 1.165) is 54.4 Å². The van der Waals surface area contributed by atoms with Crippen LogP contribution in [0, 0.1) is 37.0 Å². The number of likely N-dealkylation sites (tertiary alicyclic amines) is 1. The quantitative estimate of drug-likeness (QED) is 0.298. The van der Waals surface area contributed by atoms with E-state index >= 15 is 0 Å². The van der Waals surface area contributed by atoms with Gasteiger partial charge in [0.1, 0.15) is 5.60 Å². The number of carbonyl (C=O) groups excluding carboxylic acids is 1. The summed E-state index contributed by atoms with van der Waals surface area (Å²) in [6, 6.07) is 15.3. The minimum absolute atomic E-state index is 0.00764. The Kier molecular flexibility index (Phi) is 9.26. The number of benzene rings is 2. The fourth-order valence-corrected chi connectivity index (χ4v) is 9.21. The number of fused-ring (bicyclic) bond motifs is 4. The Bertz CT molecular complexity index is 1750. The fraction of sp³-hybridized carbons (Fsp3) is 0.553. The number of hydrogen-bond acceptors (Lipinski definition) is 7. The van der Waals surface area contributed by atoms with E-state index in [1.165, 1.54) is 0 Å². The van der Waals surface area contributed by atoms with Crippen molar-refractivity contribution in [3.63, 3.8) is 0 Å². The summed E-state index contributed by atoms with van der Waals surface area (Å²) in [6.07, 6.45) is 4.67. The lowest BCUT2D eigenvalue weighted by molar-refractivity contribution is -0.0432. The molecule has 258 valence electrons. The van der Waals surface area contributed by atoms with Crippen molar-refractivity contribution in [3.05, 3.63) is 65.2 Å². The van der Waals surface area contributed by atoms with Gasteiger partial charge in [0.05, 0.1) is 17.2 Å². The molecule has 2 aliphatic heterocycles. The van der Waals surface area contributed by atoms with Crippen LogP contribution in [0.1, 0.15) is 89.3 Å². The number of piperidine rings is 1. The molecule has 1 aromatic heterocycles. The molecule has 1 amide bonds. The number of sulfonamides is 1. The average Bonchev–Trinajstić information content (AvgIpc) is 2.98. The molecule has 1 N–H and O–H groups in total. The molecule has 1 saturated carbocycles. The highest BCUT2D eigenvalue weighted by molar-refractivity contribution is 7.92. The Labute approximate surface area is 285 Å². The summed E-state index contributed by atoms with van der Waals surface area (Å²) in [5.74, 6) is 1.38. The van der Waals surface area contributed by atoms with Crippen LogP contribution in [0.25, 0.3) is 11.3 Å². The molecule has 48 heavy (non-hydrogen) atoms. The summed E-state index contributed by atoms with van der Waals surface area (Å²) in [5.41, 5.74) is 4.33. The van der Waals surface area contributed by atoms with Crippen molar-refractivity contribution < 1.29 is 22.7 Å². The number of aromatic nitrogens is 2. The smallest absolute Gasteiger partial charge is 0.410 e. The number of rotatable bonds is 4. The molecule has 6 rings (SSSR count). The molecule has 3 aromatic rings. The predicted molar refractivity (Wildman–Crippen MR) is 188 cm³/mol. The lowest BCUT2D eigenvalue weighted by atomic mass is 9.52. The maximum Gasteiger partial charge on any atom is 0.410 e. The van der Waals surface area contributed by atoms with Crippen LogP contribution >= 0.6 is 0 Å². The van der Waals surface area contributed by atoms with Gasteiger partial charge in [-0.15, -0.1) is 0 Å². The van der Waals surface area contributed by atoms with Gasteiger partial charge >= 0.3 is 6.09 Å². The van der Waals surface area contributed by atoms with E-state index in [4.69, 9.17) is 9.47 Å². The number of anilines is 1. The van der Waals surface area contributed by atoms with Crippen LogP contribution < -0.4 is 9.46 Å². The molecule has 0 radical (unpaired) electrons. The second-order valence-electron chi connectivity index (χ2n) is 15.7. The van der Waals surface area contributed by atoms with Crippen LogP contribution in [0.2, 0.25) is 0 Å². The molecule has 1 saturated heterocycles. The fourth-order valence-electron chi connectivity index (χ4n) is 8.21. The van der Waals surface area contributed by atoms with Crippen molar-refractivity contribution in [2.75, 3.05) is 24.4 Å². The maximum atomic E-state index is 13.8. The second-order valence-corrected chi connectivity index (χ2v) is 17.4. The molecule has 1 spiro atoms. The topological polar surface area (TPSA) is 111 Å². The van der Waals surface area contributed by atoms with Crippen molar-refractivity contribution >= 4 is 22.1 Å². The lowest BCUT2D eigenvalue weighted by Crippen LogP contribution is -2.51. The van der Waals surface area contributed by atoms with Crippen molar-refractivity contribution in [3.8, 4) is 17.1 Å². The first-order valence-corrected chi connectivity index (χ1v) is 18.8.